The van der Waals surface area contributed by atoms with E-state index in [1.165, 1.54) is 56.9 Å². The van der Waals surface area contributed by atoms with E-state index in [0.29, 0.717) is 5.41 Å². The van der Waals surface area contributed by atoms with Crippen LogP contribution in [0.3, 0.4) is 0 Å². The molecule has 7 heteroatoms. The van der Waals surface area contributed by atoms with E-state index in [-0.39, 0.29) is 24.0 Å². The highest BCUT2D eigenvalue weighted by atomic mass is 127. The summed E-state index contributed by atoms with van der Waals surface area (Å²) in [5.74, 6) is 1.92. The molecule has 29 heavy (non-hydrogen) atoms. The standard InChI is InChI=1S/C22H32N6.HI/c1-23-21(27-13-6-10-22(17-27)8-4-2-3-5-9-22)26-16-19-7-11-25-20(15-19)28-14-12-24-18-28;/h7,11-12,14-15,18H,2-6,8-10,13,16-17H2,1H3,(H,23,26);1H. The topological polar surface area (TPSA) is 58.3 Å². The van der Waals surface area contributed by atoms with Crippen molar-refractivity contribution in [2.24, 2.45) is 10.4 Å². The van der Waals surface area contributed by atoms with Crippen LogP contribution in [0.25, 0.3) is 5.82 Å². The SMILES string of the molecule is CN=C(NCc1ccnc(-n2ccnc2)c1)N1CCCC2(CCCCCC2)C1.I. The Hall–Kier alpha value is -1.64. The van der Waals surface area contributed by atoms with Crippen molar-refractivity contribution in [3.05, 3.63) is 42.6 Å². The van der Waals surface area contributed by atoms with E-state index in [0.717, 1.165) is 31.4 Å². The van der Waals surface area contributed by atoms with Crippen LogP contribution >= 0.6 is 24.0 Å². The molecule has 2 aromatic rings. The molecule has 1 aliphatic carbocycles. The molecule has 1 N–H and O–H groups in total. The highest BCUT2D eigenvalue weighted by molar-refractivity contribution is 14.0. The summed E-state index contributed by atoms with van der Waals surface area (Å²) in [7, 11) is 1.90. The van der Waals surface area contributed by atoms with Crippen molar-refractivity contribution in [2.75, 3.05) is 20.1 Å². The maximum Gasteiger partial charge on any atom is 0.193 e. The van der Waals surface area contributed by atoms with Crippen LogP contribution in [-0.2, 0) is 6.54 Å². The number of nitrogens with one attached hydrogen (secondary N) is 1. The molecular formula is C22H33IN6. The molecule has 4 rings (SSSR count). The minimum atomic E-state index is 0. The average Bonchev–Trinajstić information content (AvgIpc) is 3.18. The van der Waals surface area contributed by atoms with Gasteiger partial charge in [0.2, 0.25) is 0 Å². The Morgan fingerprint density at radius 3 is 2.66 bits per heavy atom. The molecule has 6 nitrogen and oxygen atoms in total. The van der Waals surface area contributed by atoms with Gasteiger partial charge >= 0.3 is 0 Å². The number of nitrogens with zero attached hydrogens (tertiary/aromatic N) is 5. The summed E-state index contributed by atoms with van der Waals surface area (Å²) in [6.07, 6.45) is 18.4. The van der Waals surface area contributed by atoms with Crippen molar-refractivity contribution in [3.63, 3.8) is 0 Å². The van der Waals surface area contributed by atoms with E-state index < -0.39 is 0 Å². The molecule has 0 bridgehead atoms. The number of hydrogen-bond acceptors (Lipinski definition) is 3. The Kier molecular flexibility index (Phi) is 7.91. The van der Waals surface area contributed by atoms with Gasteiger partial charge in [-0.2, -0.15) is 0 Å². The van der Waals surface area contributed by atoms with Gasteiger partial charge in [-0.1, -0.05) is 25.7 Å². The first-order valence-electron chi connectivity index (χ1n) is 10.7. The minimum Gasteiger partial charge on any atom is -0.352 e. The Balaban J connectivity index is 0.00000240. The van der Waals surface area contributed by atoms with Crippen molar-refractivity contribution >= 4 is 29.9 Å². The zero-order valence-electron chi connectivity index (χ0n) is 17.4. The Bertz CT molecular complexity index is 780. The molecule has 1 saturated heterocycles. The second kappa shape index (κ2) is 10.4. The van der Waals surface area contributed by atoms with E-state index in [4.69, 9.17) is 0 Å². The molecule has 3 heterocycles. The first-order chi connectivity index (χ1) is 13.8. The lowest BCUT2D eigenvalue weighted by Gasteiger charge is -2.44. The van der Waals surface area contributed by atoms with Crippen molar-refractivity contribution in [2.45, 2.75) is 57.9 Å². The van der Waals surface area contributed by atoms with Crippen LogP contribution in [0, 0.1) is 5.41 Å². The molecule has 2 aromatic heterocycles. The molecule has 0 radical (unpaired) electrons. The molecular weight excluding hydrogens is 475 g/mol. The third-order valence-electron chi connectivity index (χ3n) is 6.37. The molecule has 0 unspecified atom stereocenters. The van der Waals surface area contributed by atoms with E-state index >= 15 is 0 Å². The van der Waals surface area contributed by atoms with E-state index in [1.54, 1.807) is 12.5 Å². The molecule has 2 fully saturated rings. The Morgan fingerprint density at radius 1 is 1.14 bits per heavy atom. The second-order valence-corrected chi connectivity index (χ2v) is 8.33. The smallest absolute Gasteiger partial charge is 0.193 e. The number of hydrogen-bond donors (Lipinski definition) is 1. The highest BCUT2D eigenvalue weighted by Gasteiger charge is 2.36. The Labute approximate surface area is 191 Å². The van der Waals surface area contributed by atoms with Gasteiger partial charge in [-0.3, -0.25) is 9.56 Å². The lowest BCUT2D eigenvalue weighted by Crippen LogP contribution is -2.50. The summed E-state index contributed by atoms with van der Waals surface area (Å²) >= 11 is 0. The van der Waals surface area contributed by atoms with Crippen molar-refractivity contribution in [1.82, 2.24) is 24.8 Å². The van der Waals surface area contributed by atoms with Gasteiger partial charge in [0.05, 0.1) is 0 Å². The predicted molar refractivity (Wildman–Crippen MR) is 128 cm³/mol. The van der Waals surface area contributed by atoms with Gasteiger partial charge in [0.15, 0.2) is 5.96 Å². The van der Waals surface area contributed by atoms with Gasteiger partial charge in [0, 0.05) is 45.3 Å². The predicted octanol–water partition coefficient (Wildman–Crippen LogP) is 4.40. The van der Waals surface area contributed by atoms with Gasteiger partial charge in [-0.05, 0) is 48.8 Å². The van der Waals surface area contributed by atoms with Crippen LogP contribution in [0.5, 0.6) is 0 Å². The van der Waals surface area contributed by atoms with E-state index in [1.807, 2.05) is 24.0 Å². The van der Waals surface area contributed by atoms with Crippen molar-refractivity contribution < 1.29 is 0 Å². The lowest BCUT2D eigenvalue weighted by molar-refractivity contribution is 0.115. The maximum atomic E-state index is 4.60. The van der Waals surface area contributed by atoms with Crippen molar-refractivity contribution in [3.8, 4) is 5.82 Å². The largest absolute Gasteiger partial charge is 0.352 e. The molecule has 1 aliphatic heterocycles. The summed E-state index contributed by atoms with van der Waals surface area (Å²) in [4.78, 5) is 15.6. The highest BCUT2D eigenvalue weighted by Crippen LogP contribution is 2.42. The number of imidazole rings is 1. The number of pyridine rings is 1. The van der Waals surface area contributed by atoms with Crippen LogP contribution in [-0.4, -0.2) is 45.5 Å². The van der Waals surface area contributed by atoms with Crippen LogP contribution < -0.4 is 5.32 Å². The summed E-state index contributed by atoms with van der Waals surface area (Å²) in [6, 6.07) is 4.16. The normalized spacial score (nSPS) is 19.5. The average molecular weight is 508 g/mol. The summed E-state index contributed by atoms with van der Waals surface area (Å²) in [6.45, 7) is 3.02. The van der Waals surface area contributed by atoms with Gasteiger partial charge < -0.3 is 10.2 Å². The lowest BCUT2D eigenvalue weighted by atomic mass is 9.74. The first-order valence-corrected chi connectivity index (χ1v) is 10.7. The number of piperidine rings is 1. The van der Waals surface area contributed by atoms with Crippen LogP contribution in [0.1, 0.15) is 56.9 Å². The number of aliphatic imine (C=N–C) groups is 1. The van der Waals surface area contributed by atoms with Gasteiger partial charge in [-0.25, -0.2) is 9.97 Å². The molecule has 158 valence electrons. The van der Waals surface area contributed by atoms with Crippen LogP contribution in [0.15, 0.2) is 42.0 Å². The fourth-order valence-corrected chi connectivity index (χ4v) is 4.90. The maximum absolute atomic E-state index is 4.60. The molecule has 1 saturated carbocycles. The fourth-order valence-electron chi connectivity index (χ4n) is 4.90. The number of aromatic nitrogens is 3. The second-order valence-electron chi connectivity index (χ2n) is 8.33. The molecule has 1 spiro atoms. The fraction of sp³-hybridized carbons (Fsp3) is 0.591. The zero-order valence-corrected chi connectivity index (χ0v) is 19.7. The number of rotatable bonds is 3. The van der Waals surface area contributed by atoms with Crippen LogP contribution in [0.2, 0.25) is 0 Å². The third-order valence-corrected chi connectivity index (χ3v) is 6.37. The number of guanidine groups is 1. The summed E-state index contributed by atoms with van der Waals surface area (Å²) < 4.78 is 1.93. The van der Waals surface area contributed by atoms with Gasteiger partial charge in [0.25, 0.3) is 0 Å². The summed E-state index contributed by atoms with van der Waals surface area (Å²) in [5.41, 5.74) is 1.71. The quantitative estimate of drug-likeness (QED) is 0.380. The van der Waals surface area contributed by atoms with Crippen molar-refractivity contribution in [1.29, 1.82) is 0 Å². The molecule has 2 aliphatic rings. The number of halogens is 1. The number of likely N-dealkylation sites (tertiary alicyclic amines) is 1. The van der Waals surface area contributed by atoms with Gasteiger partial charge in [-0.15, -0.1) is 24.0 Å². The Morgan fingerprint density at radius 2 is 1.93 bits per heavy atom. The zero-order chi connectivity index (χ0) is 19.2. The van der Waals surface area contributed by atoms with E-state index in [9.17, 15) is 0 Å². The first kappa shape index (κ1) is 22.1. The molecule has 0 amide bonds. The minimum absolute atomic E-state index is 0. The van der Waals surface area contributed by atoms with Gasteiger partial charge in [0.1, 0.15) is 12.1 Å². The summed E-state index contributed by atoms with van der Waals surface area (Å²) in [5, 5.41) is 3.59. The van der Waals surface area contributed by atoms with Crippen LogP contribution in [0.4, 0.5) is 0 Å². The monoisotopic (exact) mass is 508 g/mol. The molecule has 0 aromatic carbocycles. The molecule has 0 atom stereocenters. The third kappa shape index (κ3) is 5.49. The van der Waals surface area contributed by atoms with E-state index in [2.05, 4.69) is 37.3 Å².